The summed E-state index contributed by atoms with van der Waals surface area (Å²) in [4.78, 5) is 2.16. The van der Waals surface area contributed by atoms with E-state index in [0.29, 0.717) is 6.61 Å². The first-order valence-electron chi connectivity index (χ1n) is 7.02. The van der Waals surface area contributed by atoms with Crippen LogP contribution in [0.25, 0.3) is 0 Å². The summed E-state index contributed by atoms with van der Waals surface area (Å²) < 4.78 is 6.12. The van der Waals surface area contributed by atoms with Gasteiger partial charge in [-0.25, -0.2) is 0 Å². The maximum atomic E-state index is 6.12. The van der Waals surface area contributed by atoms with Crippen LogP contribution in [0.1, 0.15) is 22.8 Å². The van der Waals surface area contributed by atoms with E-state index in [1.807, 2.05) is 6.07 Å². The lowest BCUT2D eigenvalue weighted by molar-refractivity contribution is 0.0230. The van der Waals surface area contributed by atoms with Gasteiger partial charge in [-0.1, -0.05) is 60.2 Å². The molecule has 0 saturated heterocycles. The van der Waals surface area contributed by atoms with Gasteiger partial charge < -0.3 is 9.64 Å². The third-order valence-corrected chi connectivity index (χ3v) is 3.27. The number of hydrogen-bond donors (Lipinski definition) is 0. The summed E-state index contributed by atoms with van der Waals surface area (Å²) in [6, 6.07) is 18.9. The van der Waals surface area contributed by atoms with Crippen LogP contribution in [0.2, 0.25) is 0 Å². The van der Waals surface area contributed by atoms with Crippen LogP contribution in [0.5, 0.6) is 0 Å². The Bertz CT molecular complexity index is 505. The summed E-state index contributed by atoms with van der Waals surface area (Å²) in [5, 5.41) is 0. The van der Waals surface area contributed by atoms with Gasteiger partial charge in [-0.2, -0.15) is 0 Å². The van der Waals surface area contributed by atoms with Crippen molar-refractivity contribution in [2.24, 2.45) is 0 Å². The van der Waals surface area contributed by atoms with Crippen molar-refractivity contribution in [3.63, 3.8) is 0 Å². The quantitative estimate of drug-likeness (QED) is 0.790. The predicted molar refractivity (Wildman–Crippen MR) is 83.7 cm³/mol. The first-order valence-corrected chi connectivity index (χ1v) is 7.02. The van der Waals surface area contributed by atoms with Crippen LogP contribution in [0.3, 0.4) is 0 Å². The monoisotopic (exact) mass is 269 g/mol. The number of benzene rings is 2. The third kappa shape index (κ3) is 4.48. The van der Waals surface area contributed by atoms with Crippen molar-refractivity contribution in [1.29, 1.82) is 0 Å². The second-order valence-electron chi connectivity index (χ2n) is 5.46. The van der Waals surface area contributed by atoms with Crippen LogP contribution in [0, 0.1) is 6.92 Å². The van der Waals surface area contributed by atoms with Crippen LogP contribution < -0.4 is 0 Å². The fraction of sp³-hybridized carbons (Fsp3) is 0.333. The molecule has 0 amide bonds. The van der Waals surface area contributed by atoms with Crippen LogP contribution >= 0.6 is 0 Å². The first kappa shape index (κ1) is 14.8. The maximum absolute atomic E-state index is 6.12. The normalized spacial score (nSPS) is 12.6. The van der Waals surface area contributed by atoms with E-state index in [9.17, 15) is 0 Å². The van der Waals surface area contributed by atoms with E-state index in [-0.39, 0.29) is 6.10 Å². The van der Waals surface area contributed by atoms with Crippen molar-refractivity contribution in [3.8, 4) is 0 Å². The van der Waals surface area contributed by atoms with Crippen molar-refractivity contribution < 1.29 is 4.74 Å². The molecule has 0 saturated carbocycles. The molecule has 106 valence electrons. The van der Waals surface area contributed by atoms with Gasteiger partial charge >= 0.3 is 0 Å². The van der Waals surface area contributed by atoms with E-state index in [1.165, 1.54) is 16.7 Å². The van der Waals surface area contributed by atoms with Crippen LogP contribution in [0.15, 0.2) is 54.6 Å². The standard InChI is InChI=1S/C18H23NO/c1-15-9-11-16(12-10-15)14-20-18(13-19(2)3)17-7-5-4-6-8-17/h4-12,18H,13-14H2,1-3H3. The Kier molecular flexibility index (Phi) is 5.33. The number of ether oxygens (including phenoxy) is 1. The summed E-state index contributed by atoms with van der Waals surface area (Å²) in [6.07, 6.45) is 0.104. The average Bonchev–Trinajstić information content (AvgIpc) is 2.46. The van der Waals surface area contributed by atoms with Gasteiger partial charge in [-0.05, 0) is 32.1 Å². The van der Waals surface area contributed by atoms with E-state index < -0.39 is 0 Å². The molecule has 0 heterocycles. The lowest BCUT2D eigenvalue weighted by Crippen LogP contribution is -2.22. The molecular weight excluding hydrogens is 246 g/mol. The Morgan fingerprint density at radius 1 is 0.950 bits per heavy atom. The average molecular weight is 269 g/mol. The smallest absolute Gasteiger partial charge is 0.0956 e. The van der Waals surface area contributed by atoms with Gasteiger partial charge in [0, 0.05) is 6.54 Å². The van der Waals surface area contributed by atoms with Gasteiger partial charge in [0.2, 0.25) is 0 Å². The number of hydrogen-bond acceptors (Lipinski definition) is 2. The van der Waals surface area contributed by atoms with E-state index in [4.69, 9.17) is 4.74 Å². The second-order valence-corrected chi connectivity index (χ2v) is 5.46. The van der Waals surface area contributed by atoms with Crippen molar-refractivity contribution in [3.05, 3.63) is 71.3 Å². The zero-order valence-corrected chi connectivity index (χ0v) is 12.5. The molecule has 0 fully saturated rings. The molecule has 0 N–H and O–H groups in total. The molecule has 0 aromatic heterocycles. The van der Waals surface area contributed by atoms with Gasteiger partial charge in [0.05, 0.1) is 12.7 Å². The van der Waals surface area contributed by atoms with E-state index in [1.54, 1.807) is 0 Å². The molecule has 1 atom stereocenters. The van der Waals surface area contributed by atoms with E-state index in [0.717, 1.165) is 6.54 Å². The highest BCUT2D eigenvalue weighted by molar-refractivity contribution is 5.21. The summed E-state index contributed by atoms with van der Waals surface area (Å²) in [5.74, 6) is 0. The Morgan fingerprint density at radius 3 is 2.20 bits per heavy atom. The first-order chi connectivity index (χ1) is 9.65. The summed E-state index contributed by atoms with van der Waals surface area (Å²) in [5.41, 5.74) is 3.73. The lowest BCUT2D eigenvalue weighted by atomic mass is 10.1. The molecule has 0 spiro atoms. The van der Waals surface area contributed by atoms with Crippen molar-refractivity contribution in [2.45, 2.75) is 19.6 Å². The molecule has 2 aromatic rings. The minimum Gasteiger partial charge on any atom is -0.368 e. The predicted octanol–water partition coefficient (Wildman–Crippen LogP) is 3.81. The Hall–Kier alpha value is -1.64. The zero-order chi connectivity index (χ0) is 14.4. The van der Waals surface area contributed by atoms with Crippen LogP contribution in [-0.4, -0.2) is 25.5 Å². The molecule has 0 radical (unpaired) electrons. The lowest BCUT2D eigenvalue weighted by Gasteiger charge is -2.22. The summed E-state index contributed by atoms with van der Waals surface area (Å²) in [7, 11) is 4.15. The van der Waals surface area contributed by atoms with Crippen molar-refractivity contribution in [1.82, 2.24) is 4.90 Å². The van der Waals surface area contributed by atoms with Gasteiger partial charge in [-0.15, -0.1) is 0 Å². The SMILES string of the molecule is Cc1ccc(COC(CN(C)C)c2ccccc2)cc1. The summed E-state index contributed by atoms with van der Waals surface area (Å²) >= 11 is 0. The molecule has 2 rings (SSSR count). The Morgan fingerprint density at radius 2 is 1.60 bits per heavy atom. The molecular formula is C18H23NO. The Labute approximate surface area is 122 Å². The third-order valence-electron chi connectivity index (χ3n) is 3.27. The highest BCUT2D eigenvalue weighted by atomic mass is 16.5. The van der Waals surface area contributed by atoms with Gasteiger partial charge in [0.25, 0.3) is 0 Å². The minimum atomic E-state index is 0.104. The van der Waals surface area contributed by atoms with Crippen molar-refractivity contribution in [2.75, 3.05) is 20.6 Å². The molecule has 0 bridgehead atoms. The molecule has 2 heteroatoms. The van der Waals surface area contributed by atoms with Crippen LogP contribution in [-0.2, 0) is 11.3 Å². The fourth-order valence-corrected chi connectivity index (χ4v) is 2.13. The molecule has 0 aliphatic carbocycles. The second kappa shape index (κ2) is 7.22. The molecule has 2 nitrogen and oxygen atoms in total. The summed E-state index contributed by atoms with van der Waals surface area (Å²) in [6.45, 7) is 3.63. The largest absolute Gasteiger partial charge is 0.368 e. The highest BCUT2D eigenvalue weighted by Gasteiger charge is 2.13. The molecule has 1 unspecified atom stereocenters. The van der Waals surface area contributed by atoms with Gasteiger partial charge in [0.1, 0.15) is 0 Å². The number of likely N-dealkylation sites (N-methyl/N-ethyl adjacent to an activating group) is 1. The van der Waals surface area contributed by atoms with Gasteiger partial charge in [0.15, 0.2) is 0 Å². The number of aryl methyl sites for hydroxylation is 1. The van der Waals surface area contributed by atoms with E-state index >= 15 is 0 Å². The number of rotatable bonds is 6. The topological polar surface area (TPSA) is 12.5 Å². The van der Waals surface area contributed by atoms with E-state index in [2.05, 4.69) is 74.4 Å². The maximum Gasteiger partial charge on any atom is 0.0956 e. The number of nitrogens with zero attached hydrogens (tertiary/aromatic N) is 1. The van der Waals surface area contributed by atoms with Crippen molar-refractivity contribution >= 4 is 0 Å². The zero-order valence-electron chi connectivity index (χ0n) is 12.5. The molecule has 2 aromatic carbocycles. The van der Waals surface area contributed by atoms with Gasteiger partial charge in [-0.3, -0.25) is 0 Å². The molecule has 0 aliphatic rings. The highest BCUT2D eigenvalue weighted by Crippen LogP contribution is 2.20. The molecule has 20 heavy (non-hydrogen) atoms. The fourth-order valence-electron chi connectivity index (χ4n) is 2.13. The Balaban J connectivity index is 2.03. The molecule has 0 aliphatic heterocycles. The minimum absolute atomic E-state index is 0.104. The van der Waals surface area contributed by atoms with Crippen LogP contribution in [0.4, 0.5) is 0 Å².